The number of alkyl halides is 3. The van der Waals surface area contributed by atoms with E-state index in [0.29, 0.717) is 38.8 Å². The Balaban J connectivity index is 0.000000156. The fourth-order valence-corrected chi connectivity index (χ4v) is 16.7. The van der Waals surface area contributed by atoms with Crippen molar-refractivity contribution in [3.63, 3.8) is 0 Å². The maximum Gasteiger partial charge on any atom is 0.338 e. The van der Waals surface area contributed by atoms with Crippen LogP contribution in [0.2, 0.25) is 0 Å². The Morgan fingerprint density at radius 2 is 0.899 bits per heavy atom. The number of aromatic nitrogens is 3. The molecule has 4 aromatic carbocycles. The summed E-state index contributed by atoms with van der Waals surface area (Å²) in [6.45, 7) is 1.86. The third-order valence-electron chi connectivity index (χ3n) is 17.3. The molecule has 1 unspecified atom stereocenters. The summed E-state index contributed by atoms with van der Waals surface area (Å²) in [5.74, 6) is -5.44. The van der Waals surface area contributed by atoms with Gasteiger partial charge in [0.2, 0.25) is 22.7 Å². The number of nitrogens with zero attached hydrogens (tertiary/aromatic N) is 5. The van der Waals surface area contributed by atoms with Crippen LogP contribution >= 0.6 is 57.5 Å². The summed E-state index contributed by atoms with van der Waals surface area (Å²) in [7, 11) is 0. The van der Waals surface area contributed by atoms with E-state index in [9.17, 15) is 45.0 Å². The molecular weight excluding hydrogens is 1380 g/mol. The van der Waals surface area contributed by atoms with Crippen molar-refractivity contribution >= 4 is 120 Å². The van der Waals surface area contributed by atoms with E-state index in [2.05, 4.69) is 15.0 Å². The lowest BCUT2D eigenvalue weighted by Gasteiger charge is -2.32. The number of fused-ring (bicyclic) bond motifs is 3. The summed E-state index contributed by atoms with van der Waals surface area (Å²) in [6, 6.07) is 41.9. The molecule has 6 aromatic heterocycles. The number of aliphatic hydroxyl groups is 3. The lowest BCUT2D eigenvalue weighted by Crippen LogP contribution is -2.50. The maximum atomic E-state index is 17.1. The fraction of sp³-hybridized carbons (Fsp3) is 0.282. The Morgan fingerprint density at radius 3 is 1.32 bits per heavy atom. The molecule has 10 aromatic rings. The predicted molar refractivity (Wildman–Crippen MR) is 366 cm³/mol. The first-order valence-electron chi connectivity index (χ1n) is 30.3. The summed E-state index contributed by atoms with van der Waals surface area (Å²) >= 11 is 6.32. The molecule has 13 rings (SSSR count). The van der Waals surface area contributed by atoms with Gasteiger partial charge in [0, 0.05) is 66.4 Å². The minimum atomic E-state index is -2.63. The standard InChI is InChI=1S/C29H23FN2O5S2.C28H24FNO6S2.C14H14FN3O3S/c1-28(30)24(36-27(34)19-11-7-4-8-12-19)21(15-35-26(33)18-9-5-3-6-10-18)37-29(28,17-31)25-23-20(16-39-25)22(38-2)13-14-32-23;1-27(29)23(35-26(32)18-11-7-4-8-12-18)20(15-34-25(31)17-9-5-3-6-10-17)36-28(27,33)24-22-19(16-38-24)21(37-2)13-14-30-22;1-13(15)11(20)9(4-19)21-14(13,6-16)12-10-7(5-22-12)8(17)2-3-18-10/h3-14,16,21,24H,15H2,1-2H3;3-14,16,20,23,33H,15H2,1-2H3;2-3,5,9,11,19-20H,4,17H2,1H3/t21-,24-,28-,29+;20-,23-,27-,28?;9-,11-,13-,14+/m111/s1. The predicted octanol–water partition coefficient (Wildman–Crippen LogP) is 12.4. The zero-order valence-electron chi connectivity index (χ0n) is 53.1. The molecule has 20 nitrogen and oxygen atoms in total. The van der Waals surface area contributed by atoms with Crippen LogP contribution in [0.1, 0.15) is 76.8 Å². The maximum absolute atomic E-state index is 17.1. The van der Waals surface area contributed by atoms with E-state index in [-0.39, 0.29) is 25.8 Å². The molecule has 3 fully saturated rings. The van der Waals surface area contributed by atoms with Crippen molar-refractivity contribution in [3.8, 4) is 12.1 Å². The zero-order valence-corrected chi connectivity index (χ0v) is 57.2. The molecule has 5 N–H and O–H groups in total. The molecular formula is C71H61F3N6O14S5. The van der Waals surface area contributed by atoms with E-state index in [1.807, 2.05) is 36.8 Å². The van der Waals surface area contributed by atoms with Gasteiger partial charge < -0.3 is 54.2 Å². The van der Waals surface area contributed by atoms with Gasteiger partial charge in [0.15, 0.2) is 23.5 Å². The number of nitrogens with two attached hydrogens (primary N) is 1. The molecule has 3 saturated heterocycles. The number of hydrogen-bond donors (Lipinski definition) is 4. The Labute approximate surface area is 585 Å². The number of rotatable bonds is 16. The fourth-order valence-electron chi connectivity index (χ4n) is 11.9. The molecule has 0 spiro atoms. The second kappa shape index (κ2) is 29.1. The van der Waals surface area contributed by atoms with Crippen LogP contribution in [0.25, 0.3) is 32.7 Å². The van der Waals surface area contributed by atoms with Crippen LogP contribution in [0.5, 0.6) is 0 Å². The number of carbonyl (C=O) groups excluding carboxylic acids is 4. The van der Waals surface area contributed by atoms with Gasteiger partial charge in [-0.1, -0.05) is 72.8 Å². The van der Waals surface area contributed by atoms with Crippen LogP contribution in [0.4, 0.5) is 18.9 Å². The van der Waals surface area contributed by atoms with Crippen molar-refractivity contribution in [1.29, 1.82) is 10.5 Å². The number of nitrogen functional groups attached to an aromatic ring is 1. The van der Waals surface area contributed by atoms with Gasteiger partial charge >= 0.3 is 23.9 Å². The normalized spacial score (nSPS) is 26.8. The van der Waals surface area contributed by atoms with Crippen molar-refractivity contribution in [2.75, 3.05) is 38.1 Å². The van der Waals surface area contributed by atoms with Gasteiger partial charge in [0.1, 0.15) is 49.8 Å². The molecule has 510 valence electrons. The average Bonchev–Trinajstić information content (AvgIpc) is 1.69. The quantitative estimate of drug-likeness (QED) is 0.0397. The SMILES string of the molecule is CSc1ccnc2c(C3(O)O[C@H](COC(=O)c4ccccc4)[C@@H](OC(=O)c4ccccc4)[C@@]3(C)F)scc12.CSc1ccnc2c([C@]3(C#N)O[C@H](COC(=O)c4ccccc4)[C@@H](OC(=O)c4ccccc4)[C@@]3(C)F)scc12.C[C@@]1(F)[C@H](O)[C@@H](CO)O[C@@]1(C#N)c1scc2c(N)ccnc12. The summed E-state index contributed by atoms with van der Waals surface area (Å²) in [5, 5.41) is 58.5. The van der Waals surface area contributed by atoms with Crippen LogP contribution in [0.15, 0.2) is 184 Å². The van der Waals surface area contributed by atoms with Gasteiger partial charge in [0.25, 0.3) is 0 Å². The average molecular weight is 1440 g/mol. The van der Waals surface area contributed by atoms with Crippen LogP contribution in [-0.2, 0) is 50.1 Å². The first kappa shape index (κ1) is 71.4. The third-order valence-corrected chi connectivity index (χ3v) is 22.1. The lowest BCUT2D eigenvalue weighted by molar-refractivity contribution is -0.250. The molecule has 3 aliphatic rings. The van der Waals surface area contributed by atoms with Crippen LogP contribution in [0.3, 0.4) is 0 Å². The highest BCUT2D eigenvalue weighted by Gasteiger charge is 2.71. The van der Waals surface area contributed by atoms with Gasteiger partial charge in [0.05, 0.1) is 60.0 Å². The van der Waals surface area contributed by atoms with Gasteiger partial charge in [-0.25, -0.2) is 32.3 Å². The molecule has 99 heavy (non-hydrogen) atoms. The topological polar surface area (TPSA) is 306 Å². The summed E-state index contributed by atoms with van der Waals surface area (Å²) in [4.78, 5) is 66.6. The van der Waals surface area contributed by atoms with E-state index >= 15 is 13.2 Å². The summed E-state index contributed by atoms with van der Waals surface area (Å²) < 4.78 is 88.7. The second-order valence-corrected chi connectivity index (χ2v) is 27.6. The van der Waals surface area contributed by atoms with E-state index in [4.69, 9.17) is 38.9 Å². The van der Waals surface area contributed by atoms with E-state index in [1.54, 1.807) is 132 Å². The number of thioether (sulfide) groups is 2. The highest BCUT2D eigenvalue weighted by Crippen LogP contribution is 2.57. The van der Waals surface area contributed by atoms with Gasteiger partial charge in [-0.05, 0) is 100 Å². The number of aliphatic hydroxyl groups excluding tert-OH is 2. The number of pyridine rings is 3. The summed E-state index contributed by atoms with van der Waals surface area (Å²) in [6.07, 6.45) is -0.144. The van der Waals surface area contributed by atoms with Crippen LogP contribution in [0, 0.1) is 22.7 Å². The van der Waals surface area contributed by atoms with Crippen molar-refractivity contribution in [3.05, 3.63) is 211 Å². The van der Waals surface area contributed by atoms with Crippen molar-refractivity contribution < 1.29 is 80.8 Å². The molecule has 28 heteroatoms. The first-order valence-corrected chi connectivity index (χ1v) is 35.4. The van der Waals surface area contributed by atoms with E-state index in [0.717, 1.165) is 68.4 Å². The van der Waals surface area contributed by atoms with Crippen LogP contribution < -0.4 is 5.73 Å². The molecule has 0 bridgehead atoms. The second-order valence-electron chi connectivity index (χ2n) is 23.3. The van der Waals surface area contributed by atoms with Crippen molar-refractivity contribution in [2.24, 2.45) is 0 Å². The molecule has 3 aliphatic heterocycles. The minimum absolute atomic E-state index is 0.131. The van der Waals surface area contributed by atoms with Crippen molar-refractivity contribution in [1.82, 2.24) is 15.0 Å². The number of thiophene rings is 3. The number of carbonyl (C=O) groups is 4. The molecule has 0 radical (unpaired) electrons. The number of anilines is 1. The van der Waals surface area contributed by atoms with Gasteiger partial charge in [-0.15, -0.1) is 57.5 Å². The van der Waals surface area contributed by atoms with Crippen molar-refractivity contribution in [2.45, 2.75) is 101 Å². The van der Waals surface area contributed by atoms with Crippen LogP contribution in [-0.4, -0.2) is 140 Å². The third kappa shape index (κ3) is 13.0. The molecule has 0 aliphatic carbocycles. The monoisotopic (exact) mass is 1440 g/mol. The Morgan fingerprint density at radius 1 is 0.535 bits per heavy atom. The number of nitriles is 2. The molecule has 9 heterocycles. The highest BCUT2D eigenvalue weighted by molar-refractivity contribution is 7.99. The van der Waals surface area contributed by atoms with Gasteiger partial charge in [-0.2, -0.15) is 10.5 Å². The molecule has 12 atom stereocenters. The van der Waals surface area contributed by atoms with E-state index < -0.39 is 114 Å². The number of ether oxygens (including phenoxy) is 7. The highest BCUT2D eigenvalue weighted by atomic mass is 32.2. The zero-order chi connectivity index (χ0) is 70.7. The number of benzene rings is 4. The first-order chi connectivity index (χ1) is 47.5. The smallest absolute Gasteiger partial charge is 0.338 e. The Hall–Kier alpha value is -8.88. The number of esters is 4. The van der Waals surface area contributed by atoms with E-state index in [1.165, 1.54) is 60.9 Å². The molecule has 0 amide bonds. The number of halogens is 3. The number of hydrogen-bond acceptors (Lipinski definition) is 25. The molecule has 0 saturated carbocycles. The lowest BCUT2D eigenvalue weighted by atomic mass is 9.82. The van der Waals surface area contributed by atoms with Gasteiger partial charge in [-0.3, -0.25) is 15.0 Å². The summed E-state index contributed by atoms with van der Waals surface area (Å²) in [5.41, 5.74) is -3.33. The Bertz CT molecular complexity index is 4700. The largest absolute Gasteiger partial charge is 0.459 e. The minimum Gasteiger partial charge on any atom is -0.459 e. The Kier molecular flexibility index (Phi) is 21.0.